The molecule has 1 fully saturated rings. The van der Waals surface area contributed by atoms with Gasteiger partial charge in [0.2, 0.25) is 0 Å². The summed E-state index contributed by atoms with van der Waals surface area (Å²) in [6.07, 6.45) is -2.00. The molecule has 0 amide bonds. The van der Waals surface area contributed by atoms with Crippen LogP contribution in [0.4, 0.5) is 19.0 Å². The van der Waals surface area contributed by atoms with Crippen LogP contribution in [-0.2, 0) is 6.18 Å². The van der Waals surface area contributed by atoms with E-state index in [1.807, 2.05) is 14.1 Å². The van der Waals surface area contributed by atoms with Gasteiger partial charge in [0.1, 0.15) is 11.5 Å². The van der Waals surface area contributed by atoms with Gasteiger partial charge in [-0.15, -0.1) is 0 Å². The maximum atomic E-state index is 12.5. The lowest BCUT2D eigenvalue weighted by Crippen LogP contribution is -2.36. The van der Waals surface area contributed by atoms with Crippen LogP contribution < -0.4 is 5.32 Å². The third-order valence-electron chi connectivity index (χ3n) is 3.36. The average Bonchev–Trinajstić information content (AvgIpc) is 3.12. The molecule has 1 aliphatic rings. The average molecular weight is 273 g/mol. The van der Waals surface area contributed by atoms with Gasteiger partial charge in [0, 0.05) is 12.6 Å². The molecule has 3 nitrogen and oxygen atoms in total. The largest absolute Gasteiger partial charge is 0.433 e. The molecule has 1 N–H and O–H groups in total. The first-order chi connectivity index (χ1) is 8.88. The van der Waals surface area contributed by atoms with E-state index in [9.17, 15) is 13.2 Å². The van der Waals surface area contributed by atoms with Gasteiger partial charge in [0.05, 0.1) is 0 Å². The number of likely N-dealkylation sites (N-methyl/N-ethyl adjacent to an activating group) is 1. The molecule has 106 valence electrons. The lowest BCUT2D eigenvalue weighted by molar-refractivity contribution is -0.141. The van der Waals surface area contributed by atoms with Crippen LogP contribution >= 0.6 is 0 Å². The number of hydrogen-bond acceptors (Lipinski definition) is 3. The van der Waals surface area contributed by atoms with Crippen LogP contribution in [0.1, 0.15) is 18.5 Å². The lowest BCUT2D eigenvalue weighted by atomic mass is 10.1. The molecular weight excluding hydrogens is 255 g/mol. The van der Waals surface area contributed by atoms with Crippen molar-refractivity contribution in [2.75, 3.05) is 26.0 Å². The molecule has 1 aromatic heterocycles. The Morgan fingerprint density at radius 1 is 1.37 bits per heavy atom. The SMILES string of the molecule is CN(C)C(CNc1cccc(C(F)(F)F)n1)C1CC1. The van der Waals surface area contributed by atoms with Crippen molar-refractivity contribution < 1.29 is 13.2 Å². The van der Waals surface area contributed by atoms with E-state index in [1.165, 1.54) is 18.9 Å². The molecule has 1 saturated carbocycles. The molecule has 0 bridgehead atoms. The van der Waals surface area contributed by atoms with Crippen LogP contribution in [0.3, 0.4) is 0 Å². The molecule has 1 aromatic rings. The Morgan fingerprint density at radius 3 is 2.58 bits per heavy atom. The number of nitrogens with zero attached hydrogens (tertiary/aromatic N) is 2. The summed E-state index contributed by atoms with van der Waals surface area (Å²) in [5, 5.41) is 3.01. The first-order valence-corrected chi connectivity index (χ1v) is 6.32. The standard InChI is InChI=1S/C13H18F3N3/c1-19(2)10(9-6-7-9)8-17-12-5-3-4-11(18-12)13(14,15)16/h3-5,9-10H,6-8H2,1-2H3,(H,17,18). The Bertz CT molecular complexity index is 425. The topological polar surface area (TPSA) is 28.2 Å². The number of nitrogens with one attached hydrogen (secondary N) is 1. The van der Waals surface area contributed by atoms with Gasteiger partial charge in [-0.3, -0.25) is 0 Å². The summed E-state index contributed by atoms with van der Waals surface area (Å²) in [5.74, 6) is 0.927. The van der Waals surface area contributed by atoms with E-state index >= 15 is 0 Å². The highest BCUT2D eigenvalue weighted by atomic mass is 19.4. The fourth-order valence-corrected chi connectivity index (χ4v) is 2.15. The Labute approximate surface area is 110 Å². The third-order valence-corrected chi connectivity index (χ3v) is 3.36. The zero-order valence-electron chi connectivity index (χ0n) is 11.0. The van der Waals surface area contributed by atoms with Gasteiger partial charge in [-0.2, -0.15) is 13.2 Å². The van der Waals surface area contributed by atoms with E-state index in [-0.39, 0.29) is 5.82 Å². The molecule has 0 aromatic carbocycles. The van der Waals surface area contributed by atoms with Crippen LogP contribution in [0, 0.1) is 5.92 Å². The second-order valence-electron chi connectivity index (χ2n) is 5.16. The Kier molecular flexibility index (Phi) is 3.99. The zero-order valence-corrected chi connectivity index (χ0v) is 11.0. The molecule has 6 heteroatoms. The van der Waals surface area contributed by atoms with E-state index in [2.05, 4.69) is 15.2 Å². The molecule has 1 aliphatic carbocycles. The van der Waals surface area contributed by atoms with Crippen molar-refractivity contribution in [2.24, 2.45) is 5.92 Å². The number of halogens is 3. The highest BCUT2D eigenvalue weighted by molar-refractivity contribution is 5.36. The minimum absolute atomic E-state index is 0.280. The van der Waals surface area contributed by atoms with E-state index in [0.29, 0.717) is 18.5 Å². The minimum Gasteiger partial charge on any atom is -0.368 e. The van der Waals surface area contributed by atoms with Crippen molar-refractivity contribution >= 4 is 5.82 Å². The number of pyridine rings is 1. The second-order valence-corrected chi connectivity index (χ2v) is 5.16. The van der Waals surface area contributed by atoms with Gasteiger partial charge >= 0.3 is 6.18 Å². The van der Waals surface area contributed by atoms with Crippen molar-refractivity contribution in [2.45, 2.75) is 25.1 Å². The summed E-state index contributed by atoms with van der Waals surface area (Å²) in [7, 11) is 3.98. The summed E-state index contributed by atoms with van der Waals surface area (Å²) in [6, 6.07) is 4.26. The monoisotopic (exact) mass is 273 g/mol. The number of hydrogen-bond donors (Lipinski definition) is 1. The van der Waals surface area contributed by atoms with Gasteiger partial charge in [-0.05, 0) is 45.0 Å². The summed E-state index contributed by atoms with van der Waals surface area (Å²) in [5.41, 5.74) is -0.856. The molecular formula is C13H18F3N3. The van der Waals surface area contributed by atoms with Gasteiger partial charge in [0.15, 0.2) is 0 Å². The quantitative estimate of drug-likeness (QED) is 0.894. The fraction of sp³-hybridized carbons (Fsp3) is 0.615. The van der Waals surface area contributed by atoms with Crippen LogP contribution in [-0.4, -0.2) is 36.6 Å². The molecule has 0 spiro atoms. The van der Waals surface area contributed by atoms with Crippen LogP contribution in [0.15, 0.2) is 18.2 Å². The molecule has 1 heterocycles. The summed E-state index contributed by atoms with van der Waals surface area (Å²) in [6.45, 7) is 0.617. The normalized spacial score (nSPS) is 17.6. The molecule has 1 unspecified atom stereocenters. The highest BCUT2D eigenvalue weighted by Crippen LogP contribution is 2.34. The van der Waals surface area contributed by atoms with Crippen molar-refractivity contribution in [3.63, 3.8) is 0 Å². The van der Waals surface area contributed by atoms with Gasteiger partial charge in [0.25, 0.3) is 0 Å². The number of alkyl halides is 3. The second kappa shape index (κ2) is 5.36. The van der Waals surface area contributed by atoms with Crippen LogP contribution in [0.5, 0.6) is 0 Å². The van der Waals surface area contributed by atoms with Crippen molar-refractivity contribution in [3.8, 4) is 0 Å². The van der Waals surface area contributed by atoms with E-state index in [1.54, 1.807) is 6.07 Å². The maximum Gasteiger partial charge on any atom is 0.433 e. The fourth-order valence-electron chi connectivity index (χ4n) is 2.15. The molecule has 19 heavy (non-hydrogen) atoms. The van der Waals surface area contributed by atoms with Crippen LogP contribution in [0.2, 0.25) is 0 Å². The van der Waals surface area contributed by atoms with Crippen LogP contribution in [0.25, 0.3) is 0 Å². The Hall–Kier alpha value is -1.30. The first-order valence-electron chi connectivity index (χ1n) is 6.32. The van der Waals surface area contributed by atoms with Gasteiger partial charge < -0.3 is 10.2 Å². The summed E-state index contributed by atoms with van der Waals surface area (Å²) in [4.78, 5) is 5.71. The molecule has 0 saturated heterocycles. The van der Waals surface area contributed by atoms with Crippen molar-refractivity contribution in [1.82, 2.24) is 9.88 Å². The van der Waals surface area contributed by atoms with E-state index < -0.39 is 11.9 Å². The molecule has 0 aliphatic heterocycles. The summed E-state index contributed by atoms with van der Waals surface area (Å²) < 4.78 is 37.6. The molecule has 2 rings (SSSR count). The molecule has 1 atom stereocenters. The smallest absolute Gasteiger partial charge is 0.368 e. The first kappa shape index (κ1) is 14.1. The predicted octanol–water partition coefficient (Wildman–Crippen LogP) is 2.85. The van der Waals surface area contributed by atoms with Crippen molar-refractivity contribution in [3.05, 3.63) is 23.9 Å². The molecule has 0 radical (unpaired) electrons. The number of aromatic nitrogens is 1. The van der Waals surface area contributed by atoms with Gasteiger partial charge in [-0.1, -0.05) is 6.07 Å². The predicted molar refractivity (Wildman–Crippen MR) is 67.9 cm³/mol. The third kappa shape index (κ3) is 3.83. The summed E-state index contributed by atoms with van der Waals surface area (Å²) >= 11 is 0. The minimum atomic E-state index is -4.39. The van der Waals surface area contributed by atoms with Gasteiger partial charge in [-0.25, -0.2) is 4.98 Å². The van der Waals surface area contributed by atoms with E-state index in [0.717, 1.165) is 6.07 Å². The maximum absolute atomic E-state index is 12.5. The zero-order chi connectivity index (χ0) is 14.0. The Balaban J connectivity index is 1.99. The lowest BCUT2D eigenvalue weighted by Gasteiger charge is -2.24. The highest BCUT2D eigenvalue weighted by Gasteiger charge is 2.34. The van der Waals surface area contributed by atoms with Crippen molar-refractivity contribution in [1.29, 1.82) is 0 Å². The number of rotatable bonds is 5. The number of anilines is 1. The Morgan fingerprint density at radius 2 is 2.05 bits per heavy atom. The van der Waals surface area contributed by atoms with E-state index in [4.69, 9.17) is 0 Å².